The van der Waals surface area contributed by atoms with Gasteiger partial charge in [0.25, 0.3) is 6.71 Å². The predicted molar refractivity (Wildman–Crippen MR) is 301 cm³/mol. The number of fused-ring (bicyclic) bond motifs is 10. The van der Waals surface area contributed by atoms with Crippen molar-refractivity contribution in [3.05, 3.63) is 204 Å². The molecule has 0 bridgehead atoms. The van der Waals surface area contributed by atoms with Crippen LogP contribution in [0.25, 0.3) is 22.3 Å². The molecule has 8 aromatic rings. The quantitative estimate of drug-likeness (QED) is 0.159. The summed E-state index contributed by atoms with van der Waals surface area (Å²) in [5, 5.41) is 0. The number of para-hydroxylation sites is 1. The molecule has 4 heterocycles. The average Bonchev–Trinajstić information content (AvgIpc) is 3.77. The predicted octanol–water partition coefficient (Wildman–Crippen LogP) is 15.4. The summed E-state index contributed by atoms with van der Waals surface area (Å²) < 4.78 is 0. The van der Waals surface area contributed by atoms with E-state index in [9.17, 15) is 0 Å². The average molecular weight is 922 g/mol. The Balaban J connectivity index is 1.14. The minimum Gasteiger partial charge on any atom is -0.335 e. The van der Waals surface area contributed by atoms with Crippen molar-refractivity contribution in [2.24, 2.45) is 0 Å². The smallest absolute Gasteiger partial charge is 0.252 e. The van der Waals surface area contributed by atoms with Gasteiger partial charge in [0.15, 0.2) is 0 Å². The summed E-state index contributed by atoms with van der Waals surface area (Å²) in [6.07, 6.45) is 9.52. The molecule has 6 aliphatic rings. The van der Waals surface area contributed by atoms with Gasteiger partial charge in [-0.15, -0.1) is 0 Å². The van der Waals surface area contributed by atoms with Crippen molar-refractivity contribution in [3.63, 3.8) is 0 Å². The lowest BCUT2D eigenvalue weighted by Crippen LogP contribution is -2.65. The summed E-state index contributed by atoms with van der Waals surface area (Å²) in [6, 6.07) is 70.6. The molecule has 0 amide bonds. The van der Waals surface area contributed by atoms with Crippen molar-refractivity contribution >= 4 is 62.9 Å². The third-order valence-electron chi connectivity index (χ3n) is 19.2. The normalized spacial score (nSPS) is 24.4. The van der Waals surface area contributed by atoms with Gasteiger partial charge in [0.05, 0.1) is 11.1 Å². The number of nitrogens with zero attached hydrogens (tertiary/aromatic N) is 3. The van der Waals surface area contributed by atoms with Crippen LogP contribution < -0.4 is 31.1 Å². The van der Waals surface area contributed by atoms with Crippen LogP contribution in [0.4, 0.5) is 39.8 Å². The first kappa shape index (κ1) is 43.0. The van der Waals surface area contributed by atoms with E-state index in [-0.39, 0.29) is 34.0 Å². The summed E-state index contributed by atoms with van der Waals surface area (Å²) >= 11 is 0. The first-order valence-corrected chi connectivity index (χ1v) is 26.7. The number of hydrogen-bond donors (Lipinski definition) is 0. The Morgan fingerprint density at radius 3 is 1.79 bits per heavy atom. The molecular formula is C67H64BN3. The van der Waals surface area contributed by atoms with Crippen LogP contribution >= 0.6 is 0 Å². The number of rotatable bonds is 5. The number of hydrogen-bond acceptors (Lipinski definition) is 3. The van der Waals surface area contributed by atoms with Crippen molar-refractivity contribution in [2.75, 3.05) is 14.7 Å². The number of anilines is 7. The van der Waals surface area contributed by atoms with E-state index in [1.54, 1.807) is 0 Å². The molecule has 3 nitrogen and oxygen atoms in total. The topological polar surface area (TPSA) is 9.72 Å². The van der Waals surface area contributed by atoms with Gasteiger partial charge in [-0.25, -0.2) is 0 Å². The van der Waals surface area contributed by atoms with Gasteiger partial charge in [0.1, 0.15) is 0 Å². The Kier molecular flexibility index (Phi) is 9.17. The molecule has 2 fully saturated rings. The van der Waals surface area contributed by atoms with E-state index in [4.69, 9.17) is 0 Å². The Labute approximate surface area is 422 Å². The first-order valence-electron chi connectivity index (χ1n) is 26.7. The summed E-state index contributed by atoms with van der Waals surface area (Å²) in [5.41, 5.74) is 23.8. The van der Waals surface area contributed by atoms with E-state index in [1.165, 1.54) is 133 Å². The zero-order valence-electron chi connectivity index (χ0n) is 42.4. The Hall–Kier alpha value is -6.78. The molecule has 71 heavy (non-hydrogen) atoms. The van der Waals surface area contributed by atoms with Crippen LogP contribution in [0, 0.1) is 0 Å². The van der Waals surface area contributed by atoms with Crippen LogP contribution in [0.2, 0.25) is 0 Å². The molecule has 4 atom stereocenters. The minimum absolute atomic E-state index is 0.0208. The van der Waals surface area contributed by atoms with Crippen LogP contribution in [-0.2, 0) is 16.2 Å². The van der Waals surface area contributed by atoms with Crippen molar-refractivity contribution < 1.29 is 0 Å². The zero-order valence-corrected chi connectivity index (χ0v) is 42.4. The maximum absolute atomic E-state index is 2.96. The van der Waals surface area contributed by atoms with E-state index in [1.807, 2.05) is 0 Å². The second-order valence-corrected chi connectivity index (χ2v) is 23.7. The van der Waals surface area contributed by atoms with Gasteiger partial charge in [-0.05, 0) is 142 Å². The molecule has 4 heteroatoms. The van der Waals surface area contributed by atoms with Gasteiger partial charge in [-0.3, -0.25) is 0 Å². The summed E-state index contributed by atoms with van der Waals surface area (Å²) in [6.45, 7) is 15.1. The molecule has 0 spiro atoms. The van der Waals surface area contributed by atoms with E-state index in [0.717, 1.165) is 19.3 Å². The van der Waals surface area contributed by atoms with E-state index in [2.05, 4.69) is 238 Å². The third kappa shape index (κ3) is 5.74. The van der Waals surface area contributed by atoms with Crippen molar-refractivity contribution in [1.82, 2.24) is 0 Å². The van der Waals surface area contributed by atoms with Gasteiger partial charge in [-0.2, -0.15) is 0 Å². The highest BCUT2D eigenvalue weighted by atomic mass is 15.3. The van der Waals surface area contributed by atoms with Crippen LogP contribution in [0.15, 0.2) is 182 Å². The molecule has 4 aliphatic heterocycles. The van der Waals surface area contributed by atoms with Gasteiger partial charge >= 0.3 is 0 Å². The maximum Gasteiger partial charge on any atom is 0.252 e. The molecule has 0 saturated heterocycles. The first-order chi connectivity index (χ1) is 34.4. The number of benzene rings is 8. The molecule has 4 unspecified atom stereocenters. The van der Waals surface area contributed by atoms with Crippen molar-refractivity contribution in [1.29, 1.82) is 0 Å². The lowest BCUT2D eigenvalue weighted by atomic mass is 9.33. The highest BCUT2D eigenvalue weighted by Gasteiger charge is 2.65. The van der Waals surface area contributed by atoms with Gasteiger partial charge in [0, 0.05) is 50.6 Å². The molecule has 14 rings (SSSR count). The van der Waals surface area contributed by atoms with Crippen LogP contribution in [0.1, 0.15) is 115 Å². The van der Waals surface area contributed by atoms with Gasteiger partial charge in [0.2, 0.25) is 0 Å². The van der Waals surface area contributed by atoms with Gasteiger partial charge in [-0.1, -0.05) is 199 Å². The standard InChI is InChI=1S/C67H64BN3/c1-63(2,3)50-41-54-62-56(42-50)68-55-34-33-48(46-25-12-8-13-26-46)40-58(55)69(51-30-22-27-47(39-51)45-23-10-7-11-24-45)59-43-52(70-57-32-17-16-31-53(57)64(4)35-18-19-36-65(64,70)5)44-60(61(59)68)71(62)66(6)37-20-21-38-67(54,66)49-28-14-9-15-29-49/h7-17,22-34,39-44H,18-21,35-38H2,1-6H3. The minimum atomic E-state index is -0.223. The highest BCUT2D eigenvalue weighted by molar-refractivity contribution is 7.00. The van der Waals surface area contributed by atoms with Crippen LogP contribution in [-0.4, -0.2) is 17.8 Å². The summed E-state index contributed by atoms with van der Waals surface area (Å²) in [7, 11) is 0. The molecule has 0 radical (unpaired) electrons. The largest absolute Gasteiger partial charge is 0.335 e. The highest BCUT2D eigenvalue weighted by Crippen LogP contribution is 2.66. The summed E-state index contributed by atoms with van der Waals surface area (Å²) in [5.74, 6) is 0. The lowest BCUT2D eigenvalue weighted by Gasteiger charge is -2.54. The van der Waals surface area contributed by atoms with Crippen molar-refractivity contribution in [3.8, 4) is 22.3 Å². The molecule has 2 saturated carbocycles. The SMILES string of the molecule is CC(C)(C)c1cc2c3c(c1)C1(c4ccccc4)CCCCC1(C)N3c1cc(N3c4ccccc4C4(C)CCCCC34C)cc3c1B2c1ccc(-c2ccccc2)cc1N3c1cccc(-c2ccccc2)c1. The Morgan fingerprint density at radius 2 is 1.06 bits per heavy atom. The fourth-order valence-electron chi connectivity index (χ4n) is 15.6. The molecule has 2 aliphatic carbocycles. The van der Waals surface area contributed by atoms with Crippen LogP contribution in [0.3, 0.4) is 0 Å². The molecular weight excluding hydrogens is 858 g/mol. The van der Waals surface area contributed by atoms with Crippen molar-refractivity contribution in [2.45, 2.75) is 120 Å². The van der Waals surface area contributed by atoms with E-state index >= 15 is 0 Å². The van der Waals surface area contributed by atoms with E-state index in [0.29, 0.717) is 0 Å². The zero-order chi connectivity index (χ0) is 48.1. The van der Waals surface area contributed by atoms with Crippen LogP contribution in [0.5, 0.6) is 0 Å². The third-order valence-corrected chi connectivity index (χ3v) is 19.2. The monoisotopic (exact) mass is 922 g/mol. The Bertz CT molecular complexity index is 3450. The second kappa shape index (κ2) is 15.1. The fraction of sp³-hybridized carbons (Fsp3) is 0.284. The fourth-order valence-corrected chi connectivity index (χ4v) is 15.6. The lowest BCUT2D eigenvalue weighted by molar-refractivity contribution is 0.195. The second-order valence-electron chi connectivity index (χ2n) is 23.7. The molecule has 0 N–H and O–H groups in total. The summed E-state index contributed by atoms with van der Waals surface area (Å²) in [4.78, 5) is 8.48. The molecule has 8 aromatic carbocycles. The Morgan fingerprint density at radius 1 is 0.437 bits per heavy atom. The molecule has 350 valence electrons. The molecule has 0 aromatic heterocycles. The van der Waals surface area contributed by atoms with Gasteiger partial charge < -0.3 is 14.7 Å². The maximum atomic E-state index is 2.96. The van der Waals surface area contributed by atoms with E-state index < -0.39 is 0 Å².